The van der Waals surface area contributed by atoms with Crippen LogP contribution in [-0.4, -0.2) is 48.7 Å². The number of sulfonamides is 1. The van der Waals surface area contributed by atoms with Gasteiger partial charge in [-0.05, 0) is 68.1 Å². The minimum Gasteiger partial charge on any atom is -0.495 e. The van der Waals surface area contributed by atoms with Crippen molar-refractivity contribution in [3.05, 3.63) is 77.4 Å². The van der Waals surface area contributed by atoms with E-state index in [-0.39, 0.29) is 40.0 Å². The lowest BCUT2D eigenvalue weighted by Crippen LogP contribution is -2.32. The summed E-state index contributed by atoms with van der Waals surface area (Å²) in [4.78, 5) is 24.0. The first-order valence-corrected chi connectivity index (χ1v) is 15.7. The lowest BCUT2D eigenvalue weighted by Gasteiger charge is -2.28. The fraction of sp³-hybridized carbons (Fsp3) is 0.241. The van der Waals surface area contributed by atoms with E-state index in [2.05, 4.69) is 40.9 Å². The van der Waals surface area contributed by atoms with Crippen LogP contribution in [0.3, 0.4) is 0 Å². The van der Waals surface area contributed by atoms with E-state index in [9.17, 15) is 13.2 Å². The summed E-state index contributed by atoms with van der Waals surface area (Å²) in [5.41, 5.74) is 6.09. The number of ether oxygens (including phenoxy) is 3. The molecule has 12 nitrogen and oxygen atoms in total. The summed E-state index contributed by atoms with van der Waals surface area (Å²) < 4.78 is 60.3. The van der Waals surface area contributed by atoms with E-state index in [4.69, 9.17) is 19.9 Å². The highest BCUT2D eigenvalue weighted by molar-refractivity contribution is 9.10. The maximum Gasteiger partial charge on any atom is 0.404 e. The topological polar surface area (TPSA) is 168 Å². The van der Waals surface area contributed by atoms with E-state index < -0.39 is 21.9 Å². The molecule has 1 fully saturated rings. The molecule has 0 radical (unpaired) electrons. The number of nitrogens with two attached hydrogens (primary N) is 1. The first kappa shape index (κ1) is 30.9. The molecule has 0 bridgehead atoms. The quantitative estimate of drug-likeness (QED) is 0.184. The van der Waals surface area contributed by atoms with Crippen molar-refractivity contribution in [2.45, 2.75) is 42.7 Å². The minimum absolute atomic E-state index is 0.00595. The number of carbonyl (C=O) groups is 1. The highest BCUT2D eigenvalue weighted by atomic mass is 79.9. The Morgan fingerprint density at radius 3 is 2.52 bits per heavy atom. The Morgan fingerprint density at radius 2 is 1.80 bits per heavy atom. The first-order chi connectivity index (χ1) is 21.1. The number of methoxy groups -OCH3 is 1. The molecule has 0 spiro atoms. The van der Waals surface area contributed by atoms with Crippen LogP contribution in [-0.2, 0) is 14.8 Å². The number of rotatable bonds is 10. The van der Waals surface area contributed by atoms with Crippen LogP contribution in [0.15, 0.2) is 76.5 Å². The van der Waals surface area contributed by atoms with Crippen molar-refractivity contribution in [1.82, 2.24) is 15.0 Å². The van der Waals surface area contributed by atoms with Gasteiger partial charge in [-0.25, -0.2) is 27.6 Å². The van der Waals surface area contributed by atoms with Gasteiger partial charge in [-0.3, -0.25) is 9.71 Å². The Kier molecular flexibility index (Phi) is 9.44. The number of carbonyl (C=O) groups excluding carboxylic acids is 1. The van der Waals surface area contributed by atoms with E-state index in [0.717, 1.165) is 18.9 Å². The smallest absolute Gasteiger partial charge is 0.404 e. The molecule has 2 heterocycles. The van der Waals surface area contributed by atoms with Crippen LogP contribution in [0.4, 0.5) is 20.8 Å². The number of primary amides is 1. The first-order valence-electron chi connectivity index (χ1n) is 13.4. The molecule has 4 N–H and O–H groups in total. The number of pyridine rings is 1. The van der Waals surface area contributed by atoms with E-state index >= 15 is 4.39 Å². The number of nitrogens with zero attached hydrogens (tertiary/aromatic N) is 3. The molecule has 2 aromatic carbocycles. The second-order valence-corrected chi connectivity index (χ2v) is 12.4. The van der Waals surface area contributed by atoms with Crippen LogP contribution >= 0.6 is 15.9 Å². The lowest BCUT2D eigenvalue weighted by molar-refractivity contribution is 0.0805. The predicted octanol–water partition coefficient (Wildman–Crippen LogP) is 5.86. The van der Waals surface area contributed by atoms with Crippen molar-refractivity contribution < 1.29 is 31.8 Å². The molecule has 0 saturated heterocycles. The van der Waals surface area contributed by atoms with Crippen LogP contribution in [0, 0.1) is 5.82 Å². The molecule has 15 heteroatoms. The maximum absolute atomic E-state index is 15.2. The summed E-state index contributed by atoms with van der Waals surface area (Å²) in [6.45, 7) is 0. The van der Waals surface area contributed by atoms with Crippen LogP contribution < -0.4 is 25.2 Å². The maximum atomic E-state index is 15.2. The Hall–Kier alpha value is -4.50. The van der Waals surface area contributed by atoms with Crippen LogP contribution in [0.2, 0.25) is 0 Å². The van der Waals surface area contributed by atoms with Crippen molar-refractivity contribution >= 4 is 43.7 Å². The normalized spacial score (nSPS) is 16.5. The zero-order valence-electron chi connectivity index (χ0n) is 23.4. The molecule has 44 heavy (non-hydrogen) atoms. The number of benzene rings is 2. The SMILES string of the molecule is COc1ccc(Br)cc1S(=O)(=O)Nc1ccc(Oc2ccncc2-c2ccnc(NC3CCC(OC(N)=O)CC3)n2)c(F)c1. The summed E-state index contributed by atoms with van der Waals surface area (Å²) in [6.07, 6.45) is 6.49. The van der Waals surface area contributed by atoms with Gasteiger partial charge in [-0.2, -0.15) is 0 Å². The average Bonchev–Trinajstić information content (AvgIpc) is 2.99. The molecule has 1 amide bonds. The number of amides is 1. The summed E-state index contributed by atoms with van der Waals surface area (Å²) >= 11 is 3.26. The lowest BCUT2D eigenvalue weighted by atomic mass is 9.93. The van der Waals surface area contributed by atoms with Crippen LogP contribution in [0.5, 0.6) is 17.2 Å². The van der Waals surface area contributed by atoms with Gasteiger partial charge < -0.3 is 25.3 Å². The zero-order chi connectivity index (χ0) is 31.3. The monoisotopic (exact) mass is 686 g/mol. The van der Waals surface area contributed by atoms with Crippen molar-refractivity contribution in [2.75, 3.05) is 17.1 Å². The molecular formula is C29H28BrFN6O6S. The van der Waals surface area contributed by atoms with Gasteiger partial charge in [0.25, 0.3) is 10.0 Å². The molecule has 4 aromatic rings. The van der Waals surface area contributed by atoms with Gasteiger partial charge >= 0.3 is 6.09 Å². The standard InChI is InChI=1S/C29H28BrFN6O6S/c1-41-26-8-2-17(30)14-27(26)44(39,40)37-19-5-9-25(22(31)15-19)43-24-11-12-33-16-21(24)23-10-13-34-29(36-23)35-18-3-6-20(7-4-18)42-28(32)38/h2,5,8-16,18,20,37H,3-4,6-7H2,1H3,(H2,32,38)(H,34,35,36). The molecule has 0 unspecified atom stereocenters. The third kappa shape index (κ3) is 7.52. The molecule has 2 aromatic heterocycles. The number of anilines is 2. The molecule has 0 aliphatic heterocycles. The molecular weight excluding hydrogens is 659 g/mol. The van der Waals surface area contributed by atoms with E-state index in [1.54, 1.807) is 30.6 Å². The summed E-state index contributed by atoms with van der Waals surface area (Å²) in [7, 11) is -2.74. The fourth-order valence-electron chi connectivity index (χ4n) is 4.75. The molecule has 0 atom stereocenters. The van der Waals surface area contributed by atoms with Crippen molar-refractivity contribution in [3.8, 4) is 28.5 Å². The van der Waals surface area contributed by atoms with Gasteiger partial charge in [0.2, 0.25) is 5.95 Å². The number of hydrogen-bond donors (Lipinski definition) is 3. The molecule has 5 rings (SSSR count). The molecule has 230 valence electrons. The van der Waals surface area contributed by atoms with Crippen molar-refractivity contribution in [3.63, 3.8) is 0 Å². The van der Waals surface area contributed by atoms with Gasteiger partial charge in [-0.1, -0.05) is 15.9 Å². The highest BCUT2D eigenvalue weighted by Crippen LogP contribution is 2.35. The Balaban J connectivity index is 1.30. The van der Waals surface area contributed by atoms with Gasteiger partial charge in [0, 0.05) is 35.2 Å². The molecule has 1 aliphatic rings. The predicted molar refractivity (Wildman–Crippen MR) is 164 cm³/mol. The Labute approximate surface area is 261 Å². The zero-order valence-corrected chi connectivity index (χ0v) is 25.8. The van der Waals surface area contributed by atoms with Gasteiger partial charge in [0.15, 0.2) is 11.6 Å². The highest BCUT2D eigenvalue weighted by Gasteiger charge is 2.24. The van der Waals surface area contributed by atoms with E-state index in [0.29, 0.717) is 34.5 Å². The second kappa shape index (κ2) is 13.4. The van der Waals surface area contributed by atoms with Gasteiger partial charge in [0.1, 0.15) is 22.5 Å². The Morgan fingerprint density at radius 1 is 1.02 bits per heavy atom. The van der Waals surface area contributed by atoms with E-state index in [1.165, 1.54) is 37.6 Å². The average molecular weight is 688 g/mol. The molecule has 1 saturated carbocycles. The van der Waals surface area contributed by atoms with Gasteiger partial charge in [0.05, 0.1) is 24.1 Å². The van der Waals surface area contributed by atoms with Crippen molar-refractivity contribution in [2.24, 2.45) is 5.73 Å². The summed E-state index contributed by atoms with van der Waals surface area (Å²) in [5.74, 6) is -0.129. The Bertz CT molecular complexity index is 1770. The molecule has 1 aliphatic carbocycles. The van der Waals surface area contributed by atoms with E-state index in [1.807, 2.05) is 0 Å². The third-order valence-corrected chi connectivity index (χ3v) is 8.72. The van der Waals surface area contributed by atoms with Crippen LogP contribution in [0.1, 0.15) is 25.7 Å². The number of hydrogen-bond acceptors (Lipinski definition) is 10. The fourth-order valence-corrected chi connectivity index (χ4v) is 6.51. The largest absolute Gasteiger partial charge is 0.495 e. The van der Waals surface area contributed by atoms with Crippen LogP contribution in [0.25, 0.3) is 11.3 Å². The summed E-state index contributed by atoms with van der Waals surface area (Å²) in [5, 5.41) is 3.31. The minimum atomic E-state index is -4.10. The number of aromatic nitrogens is 3. The second-order valence-electron chi connectivity index (χ2n) is 9.84. The van der Waals surface area contributed by atoms with Gasteiger partial charge in [-0.15, -0.1) is 0 Å². The third-order valence-electron chi connectivity index (χ3n) is 6.82. The number of nitrogens with one attached hydrogen (secondary N) is 2. The summed E-state index contributed by atoms with van der Waals surface area (Å²) in [6, 6.07) is 11.6. The number of halogens is 2. The van der Waals surface area contributed by atoms with Crippen molar-refractivity contribution in [1.29, 1.82) is 0 Å².